The van der Waals surface area contributed by atoms with Crippen molar-refractivity contribution in [1.29, 1.82) is 0 Å². The van der Waals surface area contributed by atoms with Gasteiger partial charge in [-0.2, -0.15) is 0 Å². The van der Waals surface area contributed by atoms with E-state index in [0.29, 0.717) is 49.6 Å². The highest BCUT2D eigenvalue weighted by atomic mass is 35.5. The molecule has 1 fully saturated rings. The maximum atomic E-state index is 12.6. The number of hydrogen-bond donors (Lipinski definition) is 1. The van der Waals surface area contributed by atoms with Crippen LogP contribution in [-0.2, 0) is 16.1 Å². The molecular formula is C22H24ClN3O3. The van der Waals surface area contributed by atoms with E-state index in [0.717, 1.165) is 16.9 Å². The Bertz CT molecular complexity index is 906. The smallest absolute Gasteiger partial charge is 0.222 e. The number of nitrogens with zero attached hydrogens (tertiary/aromatic N) is 2. The molecule has 7 heteroatoms. The number of carbonyl (C=O) groups excluding carboxylic acids is 1. The second kappa shape index (κ2) is 8.43. The van der Waals surface area contributed by atoms with Crippen molar-refractivity contribution in [3.8, 4) is 5.75 Å². The van der Waals surface area contributed by atoms with Crippen LogP contribution in [0.5, 0.6) is 5.75 Å². The van der Waals surface area contributed by atoms with Gasteiger partial charge in [0.2, 0.25) is 5.91 Å². The number of hydroxylamine groups is 1. The van der Waals surface area contributed by atoms with Crippen molar-refractivity contribution in [2.75, 3.05) is 20.2 Å². The summed E-state index contributed by atoms with van der Waals surface area (Å²) in [6.45, 7) is 1.27. The summed E-state index contributed by atoms with van der Waals surface area (Å²) < 4.78 is 5.24. The Hall–Kier alpha value is -2.57. The molecule has 0 bridgehead atoms. The lowest BCUT2D eigenvalue weighted by Crippen LogP contribution is -2.46. The summed E-state index contributed by atoms with van der Waals surface area (Å²) in [5, 5.41) is 0.684. The van der Waals surface area contributed by atoms with Crippen LogP contribution in [0, 0.1) is 0 Å². The molecule has 4 rings (SSSR count). The molecule has 1 spiro atoms. The number of piperidine rings is 1. The summed E-state index contributed by atoms with van der Waals surface area (Å²) in [4.78, 5) is 25.1. The van der Waals surface area contributed by atoms with Gasteiger partial charge in [0.1, 0.15) is 5.75 Å². The Morgan fingerprint density at radius 3 is 2.72 bits per heavy atom. The fourth-order valence-corrected chi connectivity index (χ4v) is 3.81. The number of carbonyl (C=O) groups is 1. The molecule has 2 aliphatic rings. The van der Waals surface area contributed by atoms with Crippen LogP contribution in [0.2, 0.25) is 5.02 Å². The molecule has 152 valence electrons. The van der Waals surface area contributed by atoms with E-state index in [2.05, 4.69) is 5.48 Å². The third-order valence-electron chi connectivity index (χ3n) is 5.43. The van der Waals surface area contributed by atoms with E-state index in [4.69, 9.17) is 26.2 Å². The number of aliphatic imine (C=N–C) groups is 1. The van der Waals surface area contributed by atoms with Crippen LogP contribution in [-0.4, -0.2) is 42.6 Å². The highest BCUT2D eigenvalue weighted by Gasteiger charge is 2.41. The minimum Gasteiger partial charge on any atom is -0.497 e. The third-order valence-corrected chi connectivity index (χ3v) is 5.68. The zero-order valence-electron chi connectivity index (χ0n) is 16.4. The summed E-state index contributed by atoms with van der Waals surface area (Å²) in [7, 11) is 1.65. The topological polar surface area (TPSA) is 63.2 Å². The monoisotopic (exact) mass is 413 g/mol. The number of halogens is 1. The molecule has 0 atom stereocenters. The van der Waals surface area contributed by atoms with Crippen LogP contribution < -0.4 is 10.2 Å². The zero-order valence-corrected chi connectivity index (χ0v) is 17.1. The van der Waals surface area contributed by atoms with Gasteiger partial charge in [0.05, 0.1) is 7.11 Å². The number of aryl methyl sites for hydroxylation is 1. The van der Waals surface area contributed by atoms with Gasteiger partial charge in [0, 0.05) is 42.9 Å². The average Bonchev–Trinajstić information content (AvgIpc) is 3.16. The molecular weight excluding hydrogens is 390 g/mol. The maximum absolute atomic E-state index is 12.6. The second-order valence-corrected chi connectivity index (χ2v) is 7.79. The minimum absolute atomic E-state index is 0.163. The van der Waals surface area contributed by atoms with Gasteiger partial charge in [-0.15, -0.1) is 0 Å². The Morgan fingerprint density at radius 1 is 1.24 bits per heavy atom. The molecule has 6 nitrogen and oxygen atoms in total. The molecule has 1 amide bonds. The first-order valence-corrected chi connectivity index (χ1v) is 10.2. The van der Waals surface area contributed by atoms with Crippen molar-refractivity contribution in [3.63, 3.8) is 0 Å². The Morgan fingerprint density at radius 2 is 2.00 bits per heavy atom. The summed E-state index contributed by atoms with van der Waals surface area (Å²) >= 11 is 5.95. The number of nitrogens with one attached hydrogen (secondary N) is 1. The molecule has 0 unspecified atom stereocenters. The molecule has 2 aromatic rings. The second-order valence-electron chi connectivity index (χ2n) is 7.35. The molecule has 2 aromatic carbocycles. The lowest BCUT2D eigenvalue weighted by molar-refractivity contribution is -0.139. The number of amidine groups is 1. The molecule has 29 heavy (non-hydrogen) atoms. The Kier molecular flexibility index (Phi) is 5.74. The van der Waals surface area contributed by atoms with Gasteiger partial charge < -0.3 is 9.64 Å². The highest BCUT2D eigenvalue weighted by molar-refractivity contribution is 6.30. The highest BCUT2D eigenvalue weighted by Crippen LogP contribution is 2.31. The number of hydrogen-bond acceptors (Lipinski definition) is 5. The van der Waals surface area contributed by atoms with Crippen molar-refractivity contribution in [1.82, 2.24) is 10.4 Å². The number of likely N-dealkylation sites (tertiary alicyclic amines) is 1. The van der Waals surface area contributed by atoms with Gasteiger partial charge in [-0.05, 0) is 48.4 Å². The van der Waals surface area contributed by atoms with Crippen molar-refractivity contribution < 1.29 is 14.4 Å². The molecule has 2 aliphatic heterocycles. The summed E-state index contributed by atoms with van der Waals surface area (Å²) in [5.41, 5.74) is 4.38. The van der Waals surface area contributed by atoms with E-state index in [-0.39, 0.29) is 5.91 Å². The quantitative estimate of drug-likeness (QED) is 0.813. The lowest BCUT2D eigenvalue weighted by Gasteiger charge is -2.35. The number of amides is 1. The first kappa shape index (κ1) is 19.7. The summed E-state index contributed by atoms with van der Waals surface area (Å²) in [6, 6.07) is 15.3. The fraction of sp³-hybridized carbons (Fsp3) is 0.364. The zero-order chi connectivity index (χ0) is 20.3. The normalized spacial score (nSPS) is 17.7. The van der Waals surface area contributed by atoms with E-state index in [9.17, 15) is 4.79 Å². The van der Waals surface area contributed by atoms with Gasteiger partial charge >= 0.3 is 0 Å². The van der Waals surface area contributed by atoms with Gasteiger partial charge in [-0.25, -0.2) is 15.3 Å². The van der Waals surface area contributed by atoms with Crippen LogP contribution in [0.3, 0.4) is 0 Å². The number of methoxy groups -OCH3 is 1. The molecule has 1 saturated heterocycles. The average molecular weight is 414 g/mol. The first-order valence-electron chi connectivity index (χ1n) is 9.77. The van der Waals surface area contributed by atoms with Crippen molar-refractivity contribution in [2.24, 2.45) is 4.99 Å². The largest absolute Gasteiger partial charge is 0.497 e. The van der Waals surface area contributed by atoms with Crippen molar-refractivity contribution in [2.45, 2.75) is 31.4 Å². The number of benzene rings is 2. The van der Waals surface area contributed by atoms with Crippen LogP contribution in [0.4, 0.5) is 0 Å². The van der Waals surface area contributed by atoms with E-state index in [1.54, 1.807) is 7.11 Å². The maximum Gasteiger partial charge on any atom is 0.222 e. The Balaban J connectivity index is 1.32. The van der Waals surface area contributed by atoms with Gasteiger partial charge in [0.15, 0.2) is 11.6 Å². The first-order chi connectivity index (χ1) is 14.1. The standard InChI is InChI=1S/C22H24ClN3O3/c1-28-19-4-2-3-16(15-19)5-10-20(27)26-13-11-22(12-14-26)24-21(25-29-22)17-6-8-18(23)9-7-17/h2-4,6-9,15H,5,10-14H2,1H3,(H,24,25). The summed E-state index contributed by atoms with van der Waals surface area (Å²) in [6.07, 6.45) is 2.52. The fourth-order valence-electron chi connectivity index (χ4n) is 3.68. The van der Waals surface area contributed by atoms with Crippen LogP contribution in [0.1, 0.15) is 30.4 Å². The molecule has 0 saturated carbocycles. The van der Waals surface area contributed by atoms with E-state index in [1.807, 2.05) is 53.4 Å². The molecule has 1 N–H and O–H groups in total. The summed E-state index contributed by atoms with van der Waals surface area (Å²) in [5.74, 6) is 1.69. The van der Waals surface area contributed by atoms with E-state index < -0.39 is 5.72 Å². The van der Waals surface area contributed by atoms with E-state index >= 15 is 0 Å². The van der Waals surface area contributed by atoms with Gasteiger partial charge in [-0.1, -0.05) is 23.7 Å². The molecule has 0 radical (unpaired) electrons. The van der Waals surface area contributed by atoms with Crippen LogP contribution in [0.15, 0.2) is 53.5 Å². The van der Waals surface area contributed by atoms with Crippen molar-refractivity contribution in [3.05, 3.63) is 64.7 Å². The number of rotatable bonds is 5. The lowest BCUT2D eigenvalue weighted by atomic mass is 10.00. The number of ether oxygens (including phenoxy) is 1. The van der Waals surface area contributed by atoms with Crippen LogP contribution >= 0.6 is 11.6 Å². The third kappa shape index (κ3) is 4.54. The Labute approximate surface area is 175 Å². The molecule has 0 aromatic heterocycles. The van der Waals surface area contributed by atoms with Crippen molar-refractivity contribution >= 4 is 23.3 Å². The van der Waals surface area contributed by atoms with E-state index in [1.165, 1.54) is 0 Å². The molecule has 2 heterocycles. The predicted octanol–water partition coefficient (Wildman–Crippen LogP) is 3.58. The SMILES string of the molecule is COc1cccc(CCC(=O)N2CCC3(CC2)N=C(c2ccc(Cl)cc2)NO3)c1. The van der Waals surface area contributed by atoms with Crippen LogP contribution in [0.25, 0.3) is 0 Å². The minimum atomic E-state index is -0.599. The van der Waals surface area contributed by atoms with Gasteiger partial charge in [0.25, 0.3) is 0 Å². The van der Waals surface area contributed by atoms with Gasteiger partial charge in [-0.3, -0.25) is 4.79 Å². The molecule has 0 aliphatic carbocycles. The predicted molar refractivity (Wildman–Crippen MR) is 112 cm³/mol.